The molecule has 5 rings (SSSR count). The maximum Gasteiger partial charge on any atom is 0.271 e. The van der Waals surface area contributed by atoms with Gasteiger partial charge in [0, 0.05) is 18.5 Å². The fourth-order valence-electron chi connectivity index (χ4n) is 3.37. The molecule has 5 aromatic heterocycles. The highest BCUT2D eigenvalue weighted by Crippen LogP contribution is 2.24. The molecule has 0 fully saturated rings. The number of amides is 1. The molecule has 0 aliphatic rings. The number of aryl methyl sites for hydroxylation is 1. The minimum Gasteiger partial charge on any atom is -0.358 e. The van der Waals surface area contributed by atoms with Gasteiger partial charge in [-0.1, -0.05) is 25.9 Å². The van der Waals surface area contributed by atoms with Crippen LogP contribution in [0.3, 0.4) is 0 Å². The maximum absolute atomic E-state index is 12.8. The Kier molecular flexibility index (Phi) is 4.65. The van der Waals surface area contributed by atoms with Crippen LogP contribution in [0.25, 0.3) is 33.7 Å². The summed E-state index contributed by atoms with van der Waals surface area (Å²) >= 11 is 0. The summed E-state index contributed by atoms with van der Waals surface area (Å²) in [4.78, 5) is 37.7. The average molecular weight is 446 g/mol. The van der Waals surface area contributed by atoms with Crippen LogP contribution in [0.1, 0.15) is 55.8 Å². The van der Waals surface area contributed by atoms with Gasteiger partial charge in [-0.15, -0.1) is 0 Å². The third kappa shape index (κ3) is 3.69. The van der Waals surface area contributed by atoms with Crippen molar-refractivity contribution in [1.29, 1.82) is 0 Å². The zero-order chi connectivity index (χ0) is 23.3. The Labute approximate surface area is 187 Å². The second-order valence-corrected chi connectivity index (χ2v) is 8.80. The number of imidazole rings is 1. The zero-order valence-electron chi connectivity index (χ0n) is 18.8. The molecule has 0 aromatic carbocycles. The van der Waals surface area contributed by atoms with Crippen molar-refractivity contribution in [2.75, 3.05) is 0 Å². The van der Waals surface area contributed by atoms with E-state index in [4.69, 9.17) is 4.52 Å². The number of hydrogen-bond acceptors (Lipinski definition) is 9. The van der Waals surface area contributed by atoms with Crippen molar-refractivity contribution in [3.05, 3.63) is 42.1 Å². The van der Waals surface area contributed by atoms with Gasteiger partial charge in [0.05, 0.1) is 23.8 Å². The van der Waals surface area contributed by atoms with E-state index in [1.807, 2.05) is 20.8 Å². The Morgan fingerprint density at radius 1 is 1.18 bits per heavy atom. The van der Waals surface area contributed by atoms with E-state index in [2.05, 4.69) is 45.5 Å². The quantitative estimate of drug-likeness (QED) is 0.424. The molecule has 0 radical (unpaired) electrons. The van der Waals surface area contributed by atoms with Gasteiger partial charge in [-0.3, -0.25) is 9.48 Å². The number of carbonyl (C=O) groups excluding carboxylic acids is 1. The highest BCUT2D eigenvalue weighted by atomic mass is 16.5. The lowest BCUT2D eigenvalue weighted by Gasteiger charge is -2.15. The number of nitrogens with zero attached hydrogens (tertiary/aromatic N) is 8. The van der Waals surface area contributed by atoms with E-state index in [1.54, 1.807) is 37.1 Å². The molecule has 0 saturated heterocycles. The van der Waals surface area contributed by atoms with E-state index in [0.717, 1.165) is 0 Å². The number of hydrogen-bond donors (Lipinski definition) is 2. The number of aromatic amines is 1. The van der Waals surface area contributed by atoms with Crippen molar-refractivity contribution in [2.24, 2.45) is 7.05 Å². The van der Waals surface area contributed by atoms with Crippen LogP contribution >= 0.6 is 0 Å². The van der Waals surface area contributed by atoms with Gasteiger partial charge in [0.1, 0.15) is 29.1 Å². The van der Waals surface area contributed by atoms with Crippen molar-refractivity contribution in [3.8, 4) is 11.5 Å². The standard InChI is InChI=1S/C21H22N10O2/c1-10(26-19(32)15-11-7-25-31(5)18(11)24-9-23-15)14-6-12(30-33-14)16-27-13-8-22-20(21(2,3)4)29-17(13)28-16/h6-10H,1-5H3,(H,26,32)(H,22,27,28,29)/t10-/m1/s1. The Bertz CT molecular complexity index is 1490. The molecule has 0 bridgehead atoms. The predicted molar refractivity (Wildman–Crippen MR) is 118 cm³/mol. The molecule has 5 aromatic rings. The van der Waals surface area contributed by atoms with Gasteiger partial charge in [-0.25, -0.2) is 24.9 Å². The van der Waals surface area contributed by atoms with Crippen LogP contribution in [-0.2, 0) is 12.5 Å². The Hall–Kier alpha value is -4.22. The highest BCUT2D eigenvalue weighted by molar-refractivity contribution is 6.03. The van der Waals surface area contributed by atoms with Gasteiger partial charge in [0.2, 0.25) is 0 Å². The SMILES string of the molecule is C[C@@H](NC(=O)c1ncnc2c1cnn2C)c1cc(-c2nc3nc(C(C)(C)C)ncc3[nH]2)no1. The Morgan fingerprint density at radius 2 is 2.00 bits per heavy atom. The van der Waals surface area contributed by atoms with E-state index in [-0.39, 0.29) is 17.0 Å². The molecule has 33 heavy (non-hydrogen) atoms. The first-order valence-corrected chi connectivity index (χ1v) is 10.3. The van der Waals surface area contributed by atoms with Crippen LogP contribution in [0.15, 0.2) is 29.3 Å². The number of carbonyl (C=O) groups is 1. The lowest BCUT2D eigenvalue weighted by Crippen LogP contribution is -2.27. The van der Waals surface area contributed by atoms with Crippen LogP contribution in [-0.4, -0.2) is 50.7 Å². The molecule has 0 aliphatic heterocycles. The van der Waals surface area contributed by atoms with Crippen molar-refractivity contribution in [3.63, 3.8) is 0 Å². The lowest BCUT2D eigenvalue weighted by atomic mass is 9.96. The van der Waals surface area contributed by atoms with Gasteiger partial charge in [-0.05, 0) is 6.92 Å². The molecule has 0 aliphatic carbocycles. The summed E-state index contributed by atoms with van der Waals surface area (Å²) < 4.78 is 7.06. The summed E-state index contributed by atoms with van der Waals surface area (Å²) in [5.74, 6) is 1.32. The number of rotatable bonds is 4. The molecule has 2 N–H and O–H groups in total. The number of aromatic nitrogens is 9. The molecule has 5 heterocycles. The number of fused-ring (bicyclic) bond motifs is 2. The molecule has 0 spiro atoms. The van der Waals surface area contributed by atoms with E-state index in [0.29, 0.717) is 45.3 Å². The van der Waals surface area contributed by atoms with Gasteiger partial charge in [0.25, 0.3) is 5.91 Å². The molecule has 12 heteroatoms. The fraction of sp³-hybridized carbons (Fsp3) is 0.333. The van der Waals surface area contributed by atoms with Gasteiger partial charge in [-0.2, -0.15) is 5.10 Å². The van der Waals surface area contributed by atoms with Crippen molar-refractivity contribution >= 4 is 28.1 Å². The molecule has 0 saturated carbocycles. The minimum atomic E-state index is -0.461. The molecule has 0 unspecified atom stereocenters. The molecule has 12 nitrogen and oxygen atoms in total. The minimum absolute atomic E-state index is 0.187. The second-order valence-electron chi connectivity index (χ2n) is 8.80. The summed E-state index contributed by atoms with van der Waals surface area (Å²) in [6, 6.07) is 1.26. The summed E-state index contributed by atoms with van der Waals surface area (Å²) in [7, 11) is 1.75. The first kappa shape index (κ1) is 20.7. The van der Waals surface area contributed by atoms with Crippen LogP contribution in [0, 0.1) is 0 Å². The summed E-state index contributed by atoms with van der Waals surface area (Å²) in [5.41, 5.74) is 2.39. The highest BCUT2D eigenvalue weighted by Gasteiger charge is 2.22. The third-order valence-corrected chi connectivity index (χ3v) is 5.20. The Morgan fingerprint density at radius 3 is 2.79 bits per heavy atom. The van der Waals surface area contributed by atoms with E-state index in [1.165, 1.54) is 6.33 Å². The molecular formula is C21H22N10O2. The van der Waals surface area contributed by atoms with E-state index >= 15 is 0 Å². The van der Waals surface area contributed by atoms with Crippen LogP contribution in [0.5, 0.6) is 0 Å². The summed E-state index contributed by atoms with van der Waals surface area (Å²) in [6.45, 7) is 7.93. The fourth-order valence-corrected chi connectivity index (χ4v) is 3.37. The normalized spacial score (nSPS) is 13.0. The summed E-state index contributed by atoms with van der Waals surface area (Å²) in [5, 5.41) is 11.7. The lowest BCUT2D eigenvalue weighted by molar-refractivity contribution is 0.0930. The van der Waals surface area contributed by atoms with Gasteiger partial charge in [0.15, 0.2) is 22.9 Å². The average Bonchev–Trinajstić information content (AvgIpc) is 3.50. The third-order valence-electron chi connectivity index (χ3n) is 5.20. The van der Waals surface area contributed by atoms with Crippen molar-refractivity contribution in [2.45, 2.75) is 39.2 Å². The monoisotopic (exact) mass is 446 g/mol. The maximum atomic E-state index is 12.8. The molecular weight excluding hydrogens is 424 g/mol. The molecule has 1 amide bonds. The second kappa shape index (κ2) is 7.43. The predicted octanol–water partition coefficient (Wildman–Crippen LogP) is 2.47. The first-order valence-electron chi connectivity index (χ1n) is 10.3. The van der Waals surface area contributed by atoms with Crippen LogP contribution < -0.4 is 5.32 Å². The number of nitrogens with one attached hydrogen (secondary N) is 2. The molecule has 168 valence electrons. The topological polar surface area (TPSA) is 153 Å². The van der Waals surface area contributed by atoms with E-state index < -0.39 is 6.04 Å². The van der Waals surface area contributed by atoms with Crippen LogP contribution in [0.4, 0.5) is 0 Å². The summed E-state index contributed by atoms with van der Waals surface area (Å²) in [6.07, 6.45) is 4.62. The van der Waals surface area contributed by atoms with Crippen molar-refractivity contribution < 1.29 is 9.32 Å². The zero-order valence-corrected chi connectivity index (χ0v) is 18.8. The van der Waals surface area contributed by atoms with Crippen molar-refractivity contribution in [1.82, 2.24) is 50.2 Å². The smallest absolute Gasteiger partial charge is 0.271 e. The van der Waals surface area contributed by atoms with Gasteiger partial charge >= 0.3 is 0 Å². The largest absolute Gasteiger partial charge is 0.358 e. The number of H-pyrrole nitrogens is 1. The molecule has 1 atom stereocenters. The van der Waals surface area contributed by atoms with Crippen LogP contribution in [0.2, 0.25) is 0 Å². The Balaban J connectivity index is 1.37. The van der Waals surface area contributed by atoms with E-state index in [9.17, 15) is 4.79 Å². The first-order chi connectivity index (χ1) is 15.7. The van der Waals surface area contributed by atoms with Gasteiger partial charge < -0.3 is 14.8 Å².